The zero-order chi connectivity index (χ0) is 2.83. The predicted octanol–water partition coefficient (Wildman–Crippen LogP) is -0.744. The van der Waals surface area contributed by atoms with Crippen molar-refractivity contribution in [1.82, 2.24) is 10.6 Å². The van der Waals surface area contributed by atoms with Crippen molar-refractivity contribution in [3.63, 3.8) is 0 Å². The highest BCUT2D eigenvalue weighted by Gasteiger charge is 1.90. The Kier molecular flexibility index (Phi) is 0.381. The fourth-order valence-electron chi connectivity index (χ4n) is 0.102. The normalized spacial score (nSPS) is 24.0. The van der Waals surface area contributed by atoms with Crippen LogP contribution >= 0.6 is 0 Å². The molecule has 0 aromatic rings. The first-order chi connectivity index (χ1) is 2.00. The maximum absolute atomic E-state index is 2.88. The lowest BCUT2D eigenvalue weighted by molar-refractivity contribution is 0.535. The van der Waals surface area contributed by atoms with E-state index in [9.17, 15) is 0 Å². The van der Waals surface area contributed by atoms with Gasteiger partial charge < -0.3 is 0 Å². The van der Waals surface area contributed by atoms with Crippen molar-refractivity contribution in [2.75, 3.05) is 6.67 Å². The molecule has 1 aliphatic rings. The van der Waals surface area contributed by atoms with Crippen molar-refractivity contribution in [3.05, 3.63) is 6.67 Å². The average Bonchev–Trinajstić information content (AvgIpc) is 0.722. The van der Waals surface area contributed by atoms with Crippen molar-refractivity contribution in [3.8, 4) is 0 Å². The molecule has 0 spiro atoms. The highest BCUT2D eigenvalue weighted by molar-refractivity contribution is 4.65. The monoisotopic (exact) mass is 57.0 g/mol. The quantitative estimate of drug-likeness (QED) is 0.382. The highest BCUT2D eigenvalue weighted by Crippen LogP contribution is 1.65. The molecule has 0 amide bonds. The molecular weight excluding hydrogens is 52.0 g/mol. The van der Waals surface area contributed by atoms with Crippen LogP contribution in [0.1, 0.15) is 0 Å². The maximum Gasteiger partial charge on any atom is 0.0886 e. The third-order valence-corrected chi connectivity index (χ3v) is 0.408. The molecule has 2 heteroatoms. The largest absolute Gasteiger partial charge is 0.287 e. The summed E-state index contributed by atoms with van der Waals surface area (Å²) in [4.78, 5) is 0. The van der Waals surface area contributed by atoms with Gasteiger partial charge in [0.1, 0.15) is 0 Å². The van der Waals surface area contributed by atoms with Crippen LogP contribution in [0.3, 0.4) is 0 Å². The first kappa shape index (κ1) is 2.18. The van der Waals surface area contributed by atoms with Gasteiger partial charge in [-0.15, -0.1) is 0 Å². The van der Waals surface area contributed by atoms with E-state index in [1.54, 1.807) is 6.67 Å². The van der Waals surface area contributed by atoms with E-state index in [0.717, 1.165) is 6.67 Å². The predicted molar refractivity (Wildman–Crippen MR) is 15.4 cm³/mol. The minimum atomic E-state index is 0.944. The minimum absolute atomic E-state index is 0.944. The number of rotatable bonds is 0. The van der Waals surface area contributed by atoms with Crippen LogP contribution in [-0.2, 0) is 0 Å². The average molecular weight is 57.1 g/mol. The van der Waals surface area contributed by atoms with Gasteiger partial charge in [0.15, 0.2) is 0 Å². The van der Waals surface area contributed by atoms with Gasteiger partial charge >= 0.3 is 0 Å². The molecule has 4 heavy (non-hydrogen) atoms. The van der Waals surface area contributed by atoms with Gasteiger partial charge in [-0.2, -0.15) is 0 Å². The molecule has 1 radical (unpaired) electrons. The summed E-state index contributed by atoms with van der Waals surface area (Å²) in [5.41, 5.74) is 0. The molecule has 1 rings (SSSR count). The Morgan fingerprint density at radius 3 is 1.75 bits per heavy atom. The lowest BCUT2D eigenvalue weighted by Crippen LogP contribution is -2.41. The van der Waals surface area contributed by atoms with Gasteiger partial charge in [0.2, 0.25) is 0 Å². The summed E-state index contributed by atoms with van der Waals surface area (Å²) in [7, 11) is 0. The van der Waals surface area contributed by atoms with E-state index in [4.69, 9.17) is 0 Å². The third kappa shape index (κ3) is 0.106. The molecule has 1 heterocycles. The van der Waals surface area contributed by atoms with Gasteiger partial charge in [-0.3, -0.25) is 10.6 Å². The zero-order valence-corrected chi connectivity index (χ0v) is 2.28. The number of hydrogen-bond acceptors (Lipinski definition) is 2. The van der Waals surface area contributed by atoms with E-state index in [1.807, 2.05) is 0 Å². The Hall–Kier alpha value is -0.0800. The van der Waals surface area contributed by atoms with Gasteiger partial charge in [-0.05, 0) is 0 Å². The SMILES string of the molecule is [CH]1NCN1. The molecule has 1 fully saturated rings. The van der Waals surface area contributed by atoms with Crippen LogP contribution in [0.5, 0.6) is 0 Å². The summed E-state index contributed by atoms with van der Waals surface area (Å²) in [5, 5.41) is 5.75. The van der Waals surface area contributed by atoms with Crippen molar-refractivity contribution in [2.24, 2.45) is 0 Å². The second kappa shape index (κ2) is 0.701. The summed E-state index contributed by atoms with van der Waals surface area (Å²) in [6.07, 6.45) is 0. The van der Waals surface area contributed by atoms with E-state index in [-0.39, 0.29) is 0 Å². The van der Waals surface area contributed by atoms with Gasteiger partial charge in [-0.25, -0.2) is 0 Å². The summed E-state index contributed by atoms with van der Waals surface area (Å²) in [6, 6.07) is 0. The van der Waals surface area contributed by atoms with Crippen LogP contribution in [-0.4, -0.2) is 6.67 Å². The zero-order valence-electron chi connectivity index (χ0n) is 2.28. The third-order valence-electron chi connectivity index (χ3n) is 0.408. The molecule has 0 aromatic heterocycles. The highest BCUT2D eigenvalue weighted by atomic mass is 15.2. The molecule has 1 saturated heterocycles. The van der Waals surface area contributed by atoms with Crippen LogP contribution < -0.4 is 10.6 Å². The van der Waals surface area contributed by atoms with Crippen molar-refractivity contribution >= 4 is 0 Å². The fraction of sp³-hybridized carbons (Fsp3) is 0.500. The van der Waals surface area contributed by atoms with Crippen molar-refractivity contribution in [2.45, 2.75) is 0 Å². The van der Waals surface area contributed by atoms with Gasteiger partial charge in [0.05, 0.1) is 6.67 Å². The summed E-state index contributed by atoms with van der Waals surface area (Å²) in [5.74, 6) is 0. The number of nitrogens with one attached hydrogen (secondary N) is 2. The standard InChI is InChI=1S/C2H5N2/c1-3-2-4-1/h1,3-4H,2H2. The Balaban J connectivity index is 2.00. The Morgan fingerprint density at radius 2 is 1.75 bits per heavy atom. The Morgan fingerprint density at radius 1 is 1.50 bits per heavy atom. The summed E-state index contributed by atoms with van der Waals surface area (Å²) < 4.78 is 0. The van der Waals surface area contributed by atoms with Crippen LogP contribution in [0.2, 0.25) is 0 Å². The molecule has 0 unspecified atom stereocenters. The lowest BCUT2D eigenvalue weighted by Gasteiger charge is -2.12. The Labute approximate surface area is 25.2 Å². The second-order valence-electron chi connectivity index (χ2n) is 0.729. The molecule has 2 nitrogen and oxygen atoms in total. The maximum atomic E-state index is 2.88. The molecule has 0 bridgehead atoms. The lowest BCUT2D eigenvalue weighted by atomic mass is 10.8. The number of hydrogen-bond donors (Lipinski definition) is 2. The summed E-state index contributed by atoms with van der Waals surface area (Å²) >= 11 is 0. The van der Waals surface area contributed by atoms with Crippen LogP contribution in [0.25, 0.3) is 0 Å². The van der Waals surface area contributed by atoms with E-state index in [1.165, 1.54) is 0 Å². The van der Waals surface area contributed by atoms with Crippen molar-refractivity contribution < 1.29 is 0 Å². The smallest absolute Gasteiger partial charge is 0.0886 e. The Bertz CT molecular complexity index is 12.0. The first-order valence-corrected chi connectivity index (χ1v) is 1.28. The molecule has 0 aromatic carbocycles. The van der Waals surface area contributed by atoms with Crippen LogP contribution in [0.15, 0.2) is 0 Å². The van der Waals surface area contributed by atoms with Gasteiger partial charge in [0, 0.05) is 6.67 Å². The molecule has 23 valence electrons. The molecule has 0 saturated carbocycles. The van der Waals surface area contributed by atoms with E-state index >= 15 is 0 Å². The molecular formula is C2H5N2. The van der Waals surface area contributed by atoms with Crippen LogP contribution in [0, 0.1) is 6.67 Å². The topological polar surface area (TPSA) is 24.1 Å². The van der Waals surface area contributed by atoms with Gasteiger partial charge in [0.25, 0.3) is 0 Å². The first-order valence-electron chi connectivity index (χ1n) is 1.28. The molecule has 0 atom stereocenters. The minimum Gasteiger partial charge on any atom is -0.287 e. The molecule has 2 N–H and O–H groups in total. The van der Waals surface area contributed by atoms with Crippen molar-refractivity contribution in [1.29, 1.82) is 0 Å². The van der Waals surface area contributed by atoms with Gasteiger partial charge in [-0.1, -0.05) is 0 Å². The van der Waals surface area contributed by atoms with Crippen LogP contribution in [0.4, 0.5) is 0 Å². The second-order valence-corrected chi connectivity index (χ2v) is 0.729. The molecule has 0 aliphatic carbocycles. The summed E-state index contributed by atoms with van der Waals surface area (Å²) in [6.45, 7) is 2.75. The van der Waals surface area contributed by atoms with E-state index in [2.05, 4.69) is 10.6 Å². The van der Waals surface area contributed by atoms with E-state index < -0.39 is 0 Å². The molecule has 1 aliphatic heterocycles. The van der Waals surface area contributed by atoms with E-state index in [0.29, 0.717) is 0 Å². The fourth-order valence-corrected chi connectivity index (χ4v) is 0.102.